The smallest absolute Gasteiger partial charge is 0.150 e. The van der Waals surface area contributed by atoms with E-state index in [4.69, 9.17) is 5.73 Å². The van der Waals surface area contributed by atoms with Gasteiger partial charge in [-0.1, -0.05) is 18.2 Å². The third kappa shape index (κ3) is 2.49. The van der Waals surface area contributed by atoms with Gasteiger partial charge >= 0.3 is 0 Å². The zero-order valence-electron chi connectivity index (χ0n) is 9.36. The van der Waals surface area contributed by atoms with Crippen LogP contribution in [0.1, 0.15) is 34.8 Å². The maximum absolute atomic E-state index is 10.7. The average Bonchev–Trinajstić information content (AvgIpc) is 2.39. The second kappa shape index (κ2) is 5.23. The summed E-state index contributed by atoms with van der Waals surface area (Å²) >= 11 is 0. The van der Waals surface area contributed by atoms with Gasteiger partial charge in [0, 0.05) is 11.6 Å². The van der Waals surface area contributed by atoms with Crippen LogP contribution in [0.4, 0.5) is 0 Å². The summed E-state index contributed by atoms with van der Waals surface area (Å²) in [7, 11) is 0. The number of hydrogen-bond acceptors (Lipinski definition) is 3. The van der Waals surface area contributed by atoms with Crippen molar-refractivity contribution in [1.29, 1.82) is 0 Å². The van der Waals surface area contributed by atoms with Gasteiger partial charge in [0.05, 0.1) is 0 Å². The van der Waals surface area contributed by atoms with Crippen molar-refractivity contribution < 1.29 is 4.79 Å². The quantitative estimate of drug-likeness (QED) is 0.756. The molecule has 2 rings (SSSR count). The van der Waals surface area contributed by atoms with E-state index in [2.05, 4.69) is 11.4 Å². The number of carbonyl (C=O) groups excluding carboxylic acids is 1. The van der Waals surface area contributed by atoms with E-state index >= 15 is 0 Å². The summed E-state index contributed by atoms with van der Waals surface area (Å²) in [6.07, 6.45) is 3.12. The van der Waals surface area contributed by atoms with Gasteiger partial charge in [0.2, 0.25) is 0 Å². The molecule has 2 unspecified atom stereocenters. The lowest BCUT2D eigenvalue weighted by Crippen LogP contribution is -2.34. The second-order valence-electron chi connectivity index (χ2n) is 4.42. The Morgan fingerprint density at radius 3 is 3.12 bits per heavy atom. The van der Waals surface area contributed by atoms with Gasteiger partial charge in [-0.2, -0.15) is 0 Å². The fraction of sp³-hybridized carbons (Fsp3) is 0.462. The van der Waals surface area contributed by atoms with Gasteiger partial charge in [0.25, 0.3) is 0 Å². The van der Waals surface area contributed by atoms with Crippen LogP contribution in [0.25, 0.3) is 0 Å². The normalized spacial score (nSPS) is 25.3. The van der Waals surface area contributed by atoms with Crippen LogP contribution in [0, 0.1) is 5.92 Å². The van der Waals surface area contributed by atoms with Crippen molar-refractivity contribution in [2.75, 3.05) is 13.1 Å². The molecule has 0 aromatic heterocycles. The van der Waals surface area contributed by atoms with Gasteiger partial charge in [0.15, 0.2) is 0 Å². The SMILES string of the molecule is NCC1CCNC(c2cccc(C=O)c2)C1. The molecule has 1 aliphatic rings. The molecule has 2 atom stereocenters. The molecule has 1 aliphatic heterocycles. The van der Waals surface area contributed by atoms with Crippen LogP contribution in [0.15, 0.2) is 24.3 Å². The largest absolute Gasteiger partial charge is 0.330 e. The minimum absolute atomic E-state index is 0.349. The first-order chi connectivity index (χ1) is 7.83. The van der Waals surface area contributed by atoms with Gasteiger partial charge in [-0.05, 0) is 43.5 Å². The van der Waals surface area contributed by atoms with Gasteiger partial charge in [-0.25, -0.2) is 0 Å². The topological polar surface area (TPSA) is 55.1 Å². The lowest BCUT2D eigenvalue weighted by molar-refractivity contribution is 0.112. The third-order valence-corrected chi connectivity index (χ3v) is 3.29. The molecular weight excluding hydrogens is 200 g/mol. The molecule has 0 spiro atoms. The first-order valence-electron chi connectivity index (χ1n) is 5.82. The van der Waals surface area contributed by atoms with E-state index in [1.54, 1.807) is 0 Å². The molecule has 86 valence electrons. The number of carbonyl (C=O) groups is 1. The van der Waals surface area contributed by atoms with Crippen molar-refractivity contribution in [3.63, 3.8) is 0 Å². The molecule has 3 heteroatoms. The Hall–Kier alpha value is -1.19. The lowest BCUT2D eigenvalue weighted by atomic mass is 9.88. The van der Waals surface area contributed by atoms with Crippen molar-refractivity contribution in [3.8, 4) is 0 Å². The molecule has 0 radical (unpaired) electrons. The standard InChI is InChI=1S/C13H18N2O/c14-8-10-4-5-15-13(7-10)12-3-1-2-11(6-12)9-16/h1-3,6,9-10,13,15H,4-5,7-8,14H2. The zero-order valence-corrected chi connectivity index (χ0v) is 9.36. The predicted octanol–water partition coefficient (Wildman–Crippen LogP) is 1.50. The van der Waals surface area contributed by atoms with Crippen LogP contribution in [-0.2, 0) is 0 Å². The van der Waals surface area contributed by atoms with Gasteiger partial charge in [-0.15, -0.1) is 0 Å². The van der Waals surface area contributed by atoms with Crippen molar-refractivity contribution in [2.24, 2.45) is 11.7 Å². The Labute approximate surface area is 96.0 Å². The van der Waals surface area contributed by atoms with Crippen LogP contribution in [0.5, 0.6) is 0 Å². The highest BCUT2D eigenvalue weighted by Gasteiger charge is 2.21. The molecule has 1 aromatic carbocycles. The first-order valence-corrected chi connectivity index (χ1v) is 5.82. The van der Waals surface area contributed by atoms with Crippen molar-refractivity contribution in [3.05, 3.63) is 35.4 Å². The van der Waals surface area contributed by atoms with Crippen LogP contribution >= 0.6 is 0 Å². The Morgan fingerprint density at radius 1 is 1.50 bits per heavy atom. The first kappa shape index (κ1) is 11.3. The molecule has 3 N–H and O–H groups in total. The zero-order chi connectivity index (χ0) is 11.4. The van der Waals surface area contributed by atoms with E-state index in [-0.39, 0.29) is 0 Å². The Kier molecular flexibility index (Phi) is 3.70. The summed E-state index contributed by atoms with van der Waals surface area (Å²) in [6.45, 7) is 1.77. The Morgan fingerprint density at radius 2 is 2.38 bits per heavy atom. The van der Waals surface area contributed by atoms with Gasteiger partial charge in [0.1, 0.15) is 6.29 Å². The minimum atomic E-state index is 0.349. The number of rotatable bonds is 3. The van der Waals surface area contributed by atoms with Gasteiger partial charge < -0.3 is 11.1 Å². The second-order valence-corrected chi connectivity index (χ2v) is 4.42. The molecule has 0 aliphatic carbocycles. The lowest BCUT2D eigenvalue weighted by Gasteiger charge is -2.30. The summed E-state index contributed by atoms with van der Waals surface area (Å²) in [6, 6.07) is 8.15. The van der Waals surface area contributed by atoms with E-state index in [0.717, 1.165) is 37.8 Å². The van der Waals surface area contributed by atoms with Crippen molar-refractivity contribution in [2.45, 2.75) is 18.9 Å². The van der Waals surface area contributed by atoms with Crippen LogP contribution in [-0.4, -0.2) is 19.4 Å². The number of benzene rings is 1. The van der Waals surface area contributed by atoms with Crippen molar-refractivity contribution in [1.82, 2.24) is 5.32 Å². The van der Waals surface area contributed by atoms with E-state index < -0.39 is 0 Å². The maximum atomic E-state index is 10.7. The number of piperidine rings is 1. The fourth-order valence-electron chi connectivity index (χ4n) is 2.31. The summed E-state index contributed by atoms with van der Waals surface area (Å²) in [5.74, 6) is 0.603. The number of hydrogen-bond donors (Lipinski definition) is 2. The maximum Gasteiger partial charge on any atom is 0.150 e. The number of aldehydes is 1. The average molecular weight is 218 g/mol. The molecule has 16 heavy (non-hydrogen) atoms. The van der Waals surface area contributed by atoms with Crippen LogP contribution in [0.2, 0.25) is 0 Å². The van der Waals surface area contributed by atoms with Crippen LogP contribution in [0.3, 0.4) is 0 Å². The summed E-state index contributed by atoms with van der Waals surface area (Å²) < 4.78 is 0. The molecule has 1 heterocycles. The summed E-state index contributed by atoms with van der Waals surface area (Å²) in [4.78, 5) is 10.7. The highest BCUT2D eigenvalue weighted by molar-refractivity contribution is 5.75. The Bertz CT molecular complexity index is 365. The number of nitrogens with one attached hydrogen (secondary N) is 1. The molecule has 0 bridgehead atoms. The highest BCUT2D eigenvalue weighted by Crippen LogP contribution is 2.26. The van der Waals surface area contributed by atoms with Gasteiger partial charge in [-0.3, -0.25) is 4.79 Å². The minimum Gasteiger partial charge on any atom is -0.330 e. The molecule has 1 saturated heterocycles. The van der Waals surface area contributed by atoms with Crippen molar-refractivity contribution >= 4 is 6.29 Å². The molecule has 0 amide bonds. The summed E-state index contributed by atoms with van der Waals surface area (Å²) in [5, 5.41) is 3.48. The van der Waals surface area contributed by atoms with E-state index in [1.165, 1.54) is 5.56 Å². The summed E-state index contributed by atoms with van der Waals surface area (Å²) in [5.41, 5.74) is 7.66. The van der Waals surface area contributed by atoms with E-state index in [1.807, 2.05) is 18.2 Å². The monoisotopic (exact) mass is 218 g/mol. The molecule has 3 nitrogen and oxygen atoms in total. The van der Waals surface area contributed by atoms with E-state index in [0.29, 0.717) is 12.0 Å². The third-order valence-electron chi connectivity index (χ3n) is 3.29. The molecule has 0 saturated carbocycles. The fourth-order valence-corrected chi connectivity index (χ4v) is 2.31. The predicted molar refractivity (Wildman–Crippen MR) is 64.4 cm³/mol. The molecule has 1 aromatic rings. The number of nitrogens with two attached hydrogens (primary N) is 1. The molecular formula is C13H18N2O. The highest BCUT2D eigenvalue weighted by atomic mass is 16.1. The Balaban J connectivity index is 2.13. The van der Waals surface area contributed by atoms with E-state index in [9.17, 15) is 4.79 Å². The molecule has 1 fully saturated rings. The van der Waals surface area contributed by atoms with Crippen LogP contribution < -0.4 is 11.1 Å².